The molecule has 0 unspecified atom stereocenters. The van der Waals surface area contributed by atoms with Gasteiger partial charge in [-0.15, -0.1) is 0 Å². The highest BCUT2D eigenvalue weighted by molar-refractivity contribution is 5.99. The van der Waals surface area contributed by atoms with E-state index in [9.17, 15) is 0 Å². The van der Waals surface area contributed by atoms with Crippen LogP contribution in [0.1, 0.15) is 89.0 Å². The molecule has 0 nitrogen and oxygen atoms in total. The fourth-order valence-electron chi connectivity index (χ4n) is 18.3. The number of hydrogen-bond acceptors (Lipinski definition) is 0. The zero-order valence-corrected chi connectivity index (χ0v) is 53.4. The summed E-state index contributed by atoms with van der Waals surface area (Å²) in [4.78, 5) is 0. The average Bonchev–Trinajstić information content (AvgIpc) is 1.60. The van der Waals surface area contributed by atoms with Crippen LogP contribution in [0.25, 0.3) is 132 Å². The number of hydrogen-bond donors (Lipinski definition) is 0. The van der Waals surface area contributed by atoms with Crippen LogP contribution in [0.4, 0.5) is 0 Å². The van der Waals surface area contributed by atoms with Crippen LogP contribution >= 0.6 is 0 Å². The molecule has 8 aliphatic carbocycles. The molecule has 0 heterocycles. The van der Waals surface area contributed by atoms with Crippen molar-refractivity contribution in [2.45, 2.75) is 51.4 Å². The molecule has 0 aliphatic heterocycles. The van der Waals surface area contributed by atoms with Crippen LogP contribution in [0.5, 0.6) is 0 Å². The molecule has 16 aromatic carbocycles. The van der Waals surface area contributed by atoms with Gasteiger partial charge in [-0.2, -0.15) is 0 Å². The monoisotopic (exact) mass is 1220 g/mol. The molecule has 0 heteroatoms. The van der Waals surface area contributed by atoms with Gasteiger partial charge >= 0.3 is 0 Å². The van der Waals surface area contributed by atoms with Crippen LogP contribution in [0.15, 0.2) is 291 Å². The van der Waals surface area contributed by atoms with Crippen LogP contribution in [0.2, 0.25) is 0 Å². The Kier molecular flexibility index (Phi) is 11.8. The van der Waals surface area contributed by atoms with Crippen LogP contribution in [0, 0.1) is 0 Å². The third kappa shape index (κ3) is 8.48. The Bertz CT molecular complexity index is 6040. The van der Waals surface area contributed by atoms with Crippen molar-refractivity contribution in [1.29, 1.82) is 0 Å². The maximum atomic E-state index is 2.45. The molecule has 0 atom stereocenters. The van der Waals surface area contributed by atoms with Gasteiger partial charge in [-0.25, -0.2) is 0 Å². The average molecular weight is 1220 g/mol. The summed E-state index contributed by atoms with van der Waals surface area (Å²) in [5.41, 5.74) is 46.9. The lowest BCUT2D eigenvalue weighted by molar-refractivity contribution is 1.16. The molecule has 0 spiro atoms. The molecule has 96 heavy (non-hydrogen) atoms. The lowest BCUT2D eigenvalue weighted by Crippen LogP contribution is -1.90. The molecule has 0 amide bonds. The van der Waals surface area contributed by atoms with Gasteiger partial charge in [-0.05, 0) is 315 Å². The highest BCUT2D eigenvalue weighted by Crippen LogP contribution is 2.52. The van der Waals surface area contributed by atoms with Crippen molar-refractivity contribution >= 4 is 43.1 Å². The Labute approximate surface area is 560 Å². The van der Waals surface area contributed by atoms with Crippen LogP contribution < -0.4 is 0 Å². The van der Waals surface area contributed by atoms with Crippen molar-refractivity contribution in [3.63, 3.8) is 0 Å². The van der Waals surface area contributed by atoms with Gasteiger partial charge in [-0.3, -0.25) is 0 Å². The van der Waals surface area contributed by atoms with E-state index in [1.54, 1.807) is 11.1 Å². The van der Waals surface area contributed by atoms with Crippen LogP contribution in [-0.4, -0.2) is 0 Å². The second kappa shape index (κ2) is 21.0. The van der Waals surface area contributed by atoms with Gasteiger partial charge < -0.3 is 0 Å². The Hall–Kier alpha value is -11.4. The highest BCUT2D eigenvalue weighted by atomic mass is 14.4. The van der Waals surface area contributed by atoms with Crippen molar-refractivity contribution in [1.82, 2.24) is 0 Å². The third-order valence-electron chi connectivity index (χ3n) is 22.8. The Morgan fingerprint density at radius 3 is 0.854 bits per heavy atom. The second-order valence-corrected chi connectivity index (χ2v) is 28.0. The Balaban J connectivity index is 0.0000000849. The normalized spacial score (nSPS) is 13.5. The highest BCUT2D eigenvalue weighted by Gasteiger charge is 2.32. The largest absolute Gasteiger partial charge is 0.0619 e. The van der Waals surface area contributed by atoms with E-state index in [0.717, 1.165) is 51.4 Å². The van der Waals surface area contributed by atoms with Crippen molar-refractivity contribution in [3.8, 4) is 89.0 Å². The van der Waals surface area contributed by atoms with Crippen molar-refractivity contribution in [2.75, 3.05) is 0 Å². The first-order valence-corrected chi connectivity index (χ1v) is 34.5. The molecule has 8 aliphatic rings. The molecular weight excluding hydrogens is 1150 g/mol. The van der Waals surface area contributed by atoms with E-state index >= 15 is 0 Å². The Morgan fingerprint density at radius 1 is 0.125 bits per heavy atom. The predicted octanol–water partition coefficient (Wildman–Crippen LogP) is 23.9. The van der Waals surface area contributed by atoms with Crippen molar-refractivity contribution in [3.05, 3.63) is 380 Å². The first kappa shape index (κ1) is 54.0. The summed E-state index contributed by atoms with van der Waals surface area (Å²) in [5, 5.41) is 10.8. The van der Waals surface area contributed by atoms with E-state index < -0.39 is 0 Å². The quantitative estimate of drug-likeness (QED) is 0.142. The third-order valence-corrected chi connectivity index (χ3v) is 22.8. The van der Waals surface area contributed by atoms with E-state index in [2.05, 4.69) is 291 Å². The first-order chi connectivity index (χ1) is 47.5. The molecular formula is C96H64. The minimum absolute atomic E-state index is 1.06. The van der Waals surface area contributed by atoms with Gasteiger partial charge in [0, 0.05) is 0 Å². The molecule has 0 aromatic heterocycles. The first-order valence-electron chi connectivity index (χ1n) is 34.5. The van der Waals surface area contributed by atoms with Gasteiger partial charge in [0.25, 0.3) is 0 Å². The van der Waals surface area contributed by atoms with Crippen LogP contribution in [0.3, 0.4) is 0 Å². The standard InChI is InChI=1S/4C24H16/c1-2-6-16-13-22-18(9-15(16)5-1)11-20-12-19-10-17-7-3-4-8-21(17)23(19)14-24(20)22;1-2-6-16-12-23-18(9-15(16)5-1)11-20-13-22-19(14-24(20)23)10-17-7-3-4-8-21(17)22;1-2-6-16-13-22-19(11-15(16)5-1)12-18-9-10-21-20-8-4-3-7-17(20)14-23(21)24(18)22;1-2-6-16-12-22-18(11-15(16)5-1)14-24-21(22)10-9-20-19-8-4-3-7-17(19)13-23(20)24/h2*1-9,12-14H,10-11H2;1-11,13H,12,14H2;1-12H,13-14H2. The summed E-state index contributed by atoms with van der Waals surface area (Å²) in [6.45, 7) is 0. The number of rotatable bonds is 0. The lowest BCUT2D eigenvalue weighted by atomic mass is 9.94. The molecule has 24 rings (SSSR count). The minimum Gasteiger partial charge on any atom is -0.0619 e. The van der Waals surface area contributed by atoms with Crippen molar-refractivity contribution < 1.29 is 0 Å². The minimum atomic E-state index is 1.06. The predicted molar refractivity (Wildman–Crippen MR) is 402 cm³/mol. The van der Waals surface area contributed by atoms with Gasteiger partial charge in [0.05, 0.1) is 0 Å². The zero-order chi connectivity index (χ0) is 62.7. The smallest absolute Gasteiger partial charge is 0.000718 e. The maximum Gasteiger partial charge on any atom is -0.000718 e. The summed E-state index contributed by atoms with van der Waals surface area (Å²) >= 11 is 0. The lowest BCUT2D eigenvalue weighted by Gasteiger charge is -2.10. The van der Waals surface area contributed by atoms with E-state index in [-0.39, 0.29) is 0 Å². The van der Waals surface area contributed by atoms with E-state index in [1.165, 1.54) is 210 Å². The van der Waals surface area contributed by atoms with E-state index in [0.29, 0.717) is 0 Å². The number of fused-ring (bicyclic) bond motifs is 30. The molecule has 0 N–H and O–H groups in total. The molecule has 0 bridgehead atoms. The zero-order valence-electron chi connectivity index (χ0n) is 53.4. The van der Waals surface area contributed by atoms with Crippen LogP contribution in [-0.2, 0) is 51.4 Å². The molecule has 0 saturated carbocycles. The molecule has 16 aromatic rings. The summed E-state index contributed by atoms with van der Waals surface area (Å²) in [6, 6.07) is 108. The topological polar surface area (TPSA) is 0 Å². The number of benzene rings is 16. The van der Waals surface area contributed by atoms with E-state index in [4.69, 9.17) is 0 Å². The summed E-state index contributed by atoms with van der Waals surface area (Å²) in [5.74, 6) is 0. The molecule has 0 radical (unpaired) electrons. The fourth-order valence-corrected chi connectivity index (χ4v) is 18.3. The van der Waals surface area contributed by atoms with Gasteiger partial charge in [-0.1, -0.05) is 249 Å². The summed E-state index contributed by atoms with van der Waals surface area (Å²) in [6.07, 6.45) is 8.58. The Morgan fingerprint density at radius 2 is 0.375 bits per heavy atom. The second-order valence-electron chi connectivity index (χ2n) is 28.0. The van der Waals surface area contributed by atoms with E-state index in [1.807, 2.05) is 0 Å². The molecule has 0 saturated heterocycles. The van der Waals surface area contributed by atoms with Gasteiger partial charge in [0.15, 0.2) is 0 Å². The molecule has 0 fully saturated rings. The molecule has 448 valence electrons. The summed E-state index contributed by atoms with van der Waals surface area (Å²) in [7, 11) is 0. The SMILES string of the molecule is c1ccc2c(c1)Cc1c-2ccc2c1-c1cc3ccccc3cc1C2.c1ccc2c(c1)Cc1c-2ccc2c1Cc1cc3ccccc3cc1-2.c1ccc2c(c1)Cc1cc3c(cc1-2)-c1cc2ccccc2cc1C3.c1ccc2c(c1)Cc1cc3c(cc1-2)Cc1cc2ccccc2cc1-3. The van der Waals surface area contributed by atoms with Gasteiger partial charge in [0.1, 0.15) is 0 Å². The fraction of sp³-hybridized carbons (Fsp3) is 0.0833. The summed E-state index contributed by atoms with van der Waals surface area (Å²) < 4.78 is 0. The maximum absolute atomic E-state index is 2.45. The van der Waals surface area contributed by atoms with Crippen molar-refractivity contribution in [2.24, 2.45) is 0 Å². The van der Waals surface area contributed by atoms with Gasteiger partial charge in [0.2, 0.25) is 0 Å².